The van der Waals surface area contributed by atoms with Crippen molar-refractivity contribution in [2.75, 3.05) is 26.2 Å². The number of nitrogens with two attached hydrogens (primary N) is 1. The van der Waals surface area contributed by atoms with Crippen molar-refractivity contribution in [3.8, 4) is 0 Å². The molecule has 3 N–H and O–H groups in total. The van der Waals surface area contributed by atoms with Crippen LogP contribution in [0.4, 0.5) is 0 Å². The van der Waals surface area contributed by atoms with Crippen molar-refractivity contribution in [2.24, 2.45) is 22.6 Å². The van der Waals surface area contributed by atoms with Gasteiger partial charge in [0.2, 0.25) is 0 Å². The van der Waals surface area contributed by atoms with Crippen LogP contribution >= 0.6 is 0 Å². The lowest BCUT2D eigenvalue weighted by Gasteiger charge is -2.34. The third-order valence-corrected chi connectivity index (χ3v) is 3.89. The number of piperidine rings is 1. The van der Waals surface area contributed by atoms with Gasteiger partial charge in [0.15, 0.2) is 5.96 Å². The summed E-state index contributed by atoms with van der Waals surface area (Å²) in [6.07, 6.45) is 4.10. The second kappa shape index (κ2) is 8.08. The number of guanidine groups is 1. The quantitative estimate of drug-likeness (QED) is 0.478. The minimum absolute atomic E-state index is 0.492. The molecule has 0 bridgehead atoms. The van der Waals surface area contributed by atoms with Crippen LogP contribution in [-0.4, -0.2) is 37.0 Å². The summed E-state index contributed by atoms with van der Waals surface area (Å²) >= 11 is 0. The second-order valence-electron chi connectivity index (χ2n) is 6.27. The molecule has 1 aromatic rings. The maximum atomic E-state index is 5.84. The Morgan fingerprint density at radius 1 is 1.43 bits per heavy atom. The highest BCUT2D eigenvalue weighted by atomic mass is 16.3. The Hall–Kier alpha value is -1.49. The number of hydrogen-bond donors (Lipinski definition) is 2. The van der Waals surface area contributed by atoms with Gasteiger partial charge in [0, 0.05) is 19.6 Å². The molecule has 0 unspecified atom stereocenters. The lowest BCUT2D eigenvalue weighted by atomic mass is 9.92. The van der Waals surface area contributed by atoms with Gasteiger partial charge in [-0.3, -0.25) is 0 Å². The molecule has 1 aliphatic heterocycles. The summed E-state index contributed by atoms with van der Waals surface area (Å²) in [7, 11) is 0. The number of hydrogen-bond acceptors (Lipinski definition) is 3. The standard InChI is InChI=1S/C16H28N4O/c1-13-9-14(2)12-20(11-13)7-4-6-18-16(17)19-10-15-5-3-8-21-15/h3,5,8,13-14H,4,6-7,9-12H2,1-2H3,(H3,17,18,19)/t13-,14-/m0/s1. The summed E-state index contributed by atoms with van der Waals surface area (Å²) < 4.78 is 5.21. The average Bonchev–Trinajstić information content (AvgIpc) is 2.93. The fraction of sp³-hybridized carbons (Fsp3) is 0.688. The summed E-state index contributed by atoms with van der Waals surface area (Å²) in [6, 6.07) is 3.75. The normalized spacial score (nSPS) is 24.2. The Labute approximate surface area is 127 Å². The van der Waals surface area contributed by atoms with E-state index in [1.165, 1.54) is 19.5 Å². The predicted molar refractivity (Wildman–Crippen MR) is 86.0 cm³/mol. The van der Waals surface area contributed by atoms with Crippen molar-refractivity contribution in [2.45, 2.75) is 33.2 Å². The fourth-order valence-electron chi connectivity index (χ4n) is 3.12. The van der Waals surface area contributed by atoms with Crippen LogP contribution in [0.2, 0.25) is 0 Å². The molecule has 21 heavy (non-hydrogen) atoms. The molecule has 5 heteroatoms. The van der Waals surface area contributed by atoms with E-state index in [1.807, 2.05) is 12.1 Å². The first-order valence-electron chi connectivity index (χ1n) is 7.92. The monoisotopic (exact) mass is 292 g/mol. The molecule has 2 heterocycles. The van der Waals surface area contributed by atoms with Crippen molar-refractivity contribution in [1.29, 1.82) is 0 Å². The molecule has 1 aliphatic rings. The zero-order valence-electron chi connectivity index (χ0n) is 13.2. The van der Waals surface area contributed by atoms with Crippen LogP contribution < -0.4 is 11.1 Å². The van der Waals surface area contributed by atoms with Crippen molar-refractivity contribution in [3.05, 3.63) is 24.2 Å². The van der Waals surface area contributed by atoms with Gasteiger partial charge in [-0.25, -0.2) is 4.99 Å². The van der Waals surface area contributed by atoms with Gasteiger partial charge in [0.1, 0.15) is 12.3 Å². The molecule has 0 aromatic carbocycles. The van der Waals surface area contributed by atoms with E-state index in [9.17, 15) is 0 Å². The van der Waals surface area contributed by atoms with Gasteiger partial charge in [0.25, 0.3) is 0 Å². The molecule has 118 valence electrons. The molecule has 0 amide bonds. The summed E-state index contributed by atoms with van der Waals surface area (Å²) in [6.45, 7) is 9.64. The number of aliphatic imine (C=N–C) groups is 1. The number of likely N-dealkylation sites (tertiary alicyclic amines) is 1. The number of nitrogens with one attached hydrogen (secondary N) is 1. The van der Waals surface area contributed by atoms with Gasteiger partial charge in [-0.1, -0.05) is 13.8 Å². The van der Waals surface area contributed by atoms with Gasteiger partial charge in [-0.2, -0.15) is 0 Å². The lowest BCUT2D eigenvalue weighted by Crippen LogP contribution is -2.40. The molecule has 1 fully saturated rings. The van der Waals surface area contributed by atoms with E-state index in [2.05, 4.69) is 29.1 Å². The van der Waals surface area contributed by atoms with Crippen molar-refractivity contribution in [1.82, 2.24) is 10.2 Å². The molecule has 0 spiro atoms. The van der Waals surface area contributed by atoms with E-state index >= 15 is 0 Å². The fourth-order valence-corrected chi connectivity index (χ4v) is 3.12. The van der Waals surface area contributed by atoms with E-state index in [1.54, 1.807) is 6.26 Å². The van der Waals surface area contributed by atoms with E-state index in [-0.39, 0.29) is 0 Å². The second-order valence-corrected chi connectivity index (χ2v) is 6.27. The first kappa shape index (κ1) is 15.9. The molecular formula is C16H28N4O. The molecular weight excluding hydrogens is 264 g/mol. The SMILES string of the molecule is C[C@H]1C[C@H](C)CN(CCCNC(N)=NCc2ccco2)C1. The molecule has 1 aromatic heterocycles. The number of furan rings is 1. The predicted octanol–water partition coefficient (Wildman–Crippen LogP) is 2.05. The highest BCUT2D eigenvalue weighted by Crippen LogP contribution is 2.20. The average molecular weight is 292 g/mol. The van der Waals surface area contributed by atoms with E-state index in [0.717, 1.165) is 37.1 Å². The number of rotatable bonds is 6. The molecule has 5 nitrogen and oxygen atoms in total. The third kappa shape index (κ3) is 5.79. The van der Waals surface area contributed by atoms with Gasteiger partial charge in [0.05, 0.1) is 6.26 Å². The Balaban J connectivity index is 1.59. The molecule has 1 saturated heterocycles. The first-order chi connectivity index (χ1) is 10.1. The Bertz CT molecular complexity index is 419. The van der Waals surface area contributed by atoms with Crippen molar-refractivity contribution < 1.29 is 4.42 Å². The van der Waals surface area contributed by atoms with Gasteiger partial charge in [-0.15, -0.1) is 0 Å². The van der Waals surface area contributed by atoms with Crippen molar-refractivity contribution in [3.63, 3.8) is 0 Å². The van der Waals surface area contributed by atoms with E-state index in [4.69, 9.17) is 10.2 Å². The molecule has 0 saturated carbocycles. The van der Waals surface area contributed by atoms with Crippen LogP contribution in [0, 0.1) is 11.8 Å². The van der Waals surface area contributed by atoms with Crippen LogP contribution in [0.15, 0.2) is 27.8 Å². The van der Waals surface area contributed by atoms with Crippen LogP contribution in [-0.2, 0) is 6.54 Å². The minimum atomic E-state index is 0.492. The lowest BCUT2D eigenvalue weighted by molar-refractivity contribution is 0.140. The summed E-state index contributed by atoms with van der Waals surface area (Å²) in [5, 5.41) is 3.17. The molecule has 2 rings (SSSR count). The topological polar surface area (TPSA) is 66.8 Å². The summed E-state index contributed by atoms with van der Waals surface area (Å²) in [5.74, 6) is 2.96. The van der Waals surface area contributed by atoms with Gasteiger partial charge < -0.3 is 20.4 Å². The largest absolute Gasteiger partial charge is 0.467 e. The minimum Gasteiger partial charge on any atom is -0.467 e. The Kier molecular flexibility index (Phi) is 6.11. The zero-order chi connectivity index (χ0) is 15.1. The summed E-state index contributed by atoms with van der Waals surface area (Å²) in [4.78, 5) is 6.82. The Morgan fingerprint density at radius 2 is 2.19 bits per heavy atom. The first-order valence-corrected chi connectivity index (χ1v) is 7.92. The van der Waals surface area contributed by atoms with Crippen LogP contribution in [0.25, 0.3) is 0 Å². The highest BCUT2D eigenvalue weighted by Gasteiger charge is 2.20. The van der Waals surface area contributed by atoms with Crippen molar-refractivity contribution >= 4 is 5.96 Å². The Morgan fingerprint density at radius 3 is 2.86 bits per heavy atom. The van der Waals surface area contributed by atoms with Crippen LogP contribution in [0.5, 0.6) is 0 Å². The molecule has 0 radical (unpaired) electrons. The maximum absolute atomic E-state index is 5.84. The summed E-state index contributed by atoms with van der Waals surface area (Å²) in [5.41, 5.74) is 5.84. The molecule has 0 aliphatic carbocycles. The maximum Gasteiger partial charge on any atom is 0.189 e. The van der Waals surface area contributed by atoms with Gasteiger partial charge in [-0.05, 0) is 43.4 Å². The highest BCUT2D eigenvalue weighted by molar-refractivity contribution is 5.77. The number of nitrogens with zero attached hydrogens (tertiary/aromatic N) is 2. The van der Waals surface area contributed by atoms with E-state index in [0.29, 0.717) is 12.5 Å². The molecule has 2 atom stereocenters. The van der Waals surface area contributed by atoms with Crippen LogP contribution in [0.3, 0.4) is 0 Å². The third-order valence-electron chi connectivity index (χ3n) is 3.89. The smallest absolute Gasteiger partial charge is 0.189 e. The van der Waals surface area contributed by atoms with E-state index < -0.39 is 0 Å². The van der Waals surface area contributed by atoms with Gasteiger partial charge >= 0.3 is 0 Å². The van der Waals surface area contributed by atoms with Crippen LogP contribution in [0.1, 0.15) is 32.4 Å². The zero-order valence-corrected chi connectivity index (χ0v) is 13.2.